The number of ether oxygens (including phenoxy) is 2. The number of phenols is 1. The van der Waals surface area contributed by atoms with Gasteiger partial charge in [-0.05, 0) is 134 Å². The van der Waals surface area contributed by atoms with Crippen LogP contribution in [-0.2, 0) is 16.0 Å². The molecule has 4 aliphatic heterocycles. The fraction of sp³-hybridized carbons (Fsp3) is 0.483. The lowest BCUT2D eigenvalue weighted by Gasteiger charge is -2.39. The van der Waals surface area contributed by atoms with E-state index in [0.29, 0.717) is 73.2 Å². The zero-order chi connectivity index (χ0) is 54.2. The van der Waals surface area contributed by atoms with E-state index in [0.717, 1.165) is 109 Å². The van der Waals surface area contributed by atoms with Crippen LogP contribution in [0.5, 0.6) is 17.6 Å². The number of fused-ring (bicyclic) bond motifs is 4. The Labute approximate surface area is 459 Å². The molecule has 2 amide bonds. The van der Waals surface area contributed by atoms with E-state index in [4.69, 9.17) is 28.9 Å². The van der Waals surface area contributed by atoms with E-state index >= 15 is 4.39 Å². The molecule has 2 unspecified atom stereocenters. The second kappa shape index (κ2) is 22.5. The molecule has 5 atom stereocenters. The predicted molar refractivity (Wildman–Crippen MR) is 300 cm³/mol. The Kier molecular flexibility index (Phi) is 15.4. The van der Waals surface area contributed by atoms with E-state index in [1.54, 1.807) is 40.6 Å². The lowest BCUT2D eigenvalue weighted by Crippen LogP contribution is -2.51. The van der Waals surface area contributed by atoms with E-state index in [1.165, 1.54) is 0 Å². The van der Waals surface area contributed by atoms with Crippen LogP contribution >= 0.6 is 11.3 Å². The number of piperazine rings is 1. The number of aromatic nitrogens is 5. The monoisotopic (exact) mass is 1080 g/mol. The number of piperidine rings is 1. The van der Waals surface area contributed by atoms with Crippen LogP contribution in [0, 0.1) is 24.1 Å². The molecule has 16 nitrogen and oxygen atoms in total. The molecule has 0 radical (unpaired) electrons. The highest BCUT2D eigenvalue weighted by molar-refractivity contribution is 7.13. The molecule has 3 N–H and O–H groups in total. The zero-order valence-corrected chi connectivity index (χ0v) is 46.4. The number of nitrogens with one attached hydrogen (secondary N) is 2. The van der Waals surface area contributed by atoms with Gasteiger partial charge < -0.3 is 39.5 Å². The average molecular weight is 1080 g/mol. The number of nitrogens with zero attached hydrogens (tertiary/aromatic N) is 8. The van der Waals surface area contributed by atoms with Crippen molar-refractivity contribution in [2.45, 2.75) is 123 Å². The Balaban J connectivity index is 0.688. The number of carbonyl (C=O) groups excluding carboxylic acids is 2. The van der Waals surface area contributed by atoms with Gasteiger partial charge in [0.05, 0.1) is 34.1 Å². The highest BCUT2D eigenvalue weighted by Crippen LogP contribution is 2.41. The molecule has 18 heteroatoms. The van der Waals surface area contributed by atoms with Crippen LogP contribution in [0.1, 0.15) is 114 Å². The molecule has 8 heterocycles. The number of pyridine rings is 1. The number of hydrogen-bond acceptors (Lipinski definition) is 15. The minimum atomic E-state index is -0.621. The Morgan fingerprint density at radius 3 is 2.49 bits per heavy atom. The normalized spacial score (nSPS) is 20.2. The number of hydrogen-bond donors (Lipinski definition) is 3. The van der Waals surface area contributed by atoms with Crippen LogP contribution < -0.4 is 25.0 Å². The summed E-state index contributed by atoms with van der Waals surface area (Å²) in [5.41, 5.74) is 6.79. The van der Waals surface area contributed by atoms with Crippen LogP contribution in [-0.4, -0.2) is 122 Å². The molecule has 3 aromatic carbocycles. The van der Waals surface area contributed by atoms with Crippen LogP contribution in [0.4, 0.5) is 10.2 Å². The summed E-state index contributed by atoms with van der Waals surface area (Å²) in [6, 6.07) is 19.1. The molecule has 0 saturated carbocycles. The summed E-state index contributed by atoms with van der Waals surface area (Å²) < 4.78 is 35.5. The van der Waals surface area contributed by atoms with Gasteiger partial charge >= 0.3 is 6.01 Å². The van der Waals surface area contributed by atoms with Crippen molar-refractivity contribution in [1.82, 2.24) is 45.5 Å². The van der Waals surface area contributed by atoms with Gasteiger partial charge in [-0.3, -0.25) is 19.5 Å². The topological polar surface area (TPSA) is 184 Å². The predicted octanol–water partition coefficient (Wildman–Crippen LogP) is 10.2. The fourth-order valence-corrected chi connectivity index (χ4v) is 13.1. The smallest absolute Gasteiger partial charge is 0.319 e. The molecular formula is C60H71FN10O6S. The molecule has 7 aromatic rings. The number of amides is 2. The molecule has 0 spiro atoms. The maximum absolute atomic E-state index is 17.1. The molecule has 4 saturated heterocycles. The lowest BCUT2D eigenvalue weighted by atomic mass is 9.78. The molecular weight excluding hydrogens is 1010 g/mol. The number of anilines is 1. The SMILES string of the molecule is CCc1cccc2cc(O)cc(-c3ncc4c(N5CC6CCC(C5)N6)nc(OCCN5CCC(C)(CCOc6cc([C@H](C(=O)N7CCC[C@H]7C(=O)N[C@@H](C)c7ccc(-c8scnc8C)cc7)C(C)C)on6)CC5)nc4c3F)c12. The highest BCUT2D eigenvalue weighted by Gasteiger charge is 2.41. The minimum Gasteiger partial charge on any atom is -0.508 e. The molecule has 2 bridgehead atoms. The first kappa shape index (κ1) is 53.3. The second-order valence-corrected chi connectivity index (χ2v) is 23.5. The Hall–Kier alpha value is -6.76. The first-order chi connectivity index (χ1) is 37.7. The summed E-state index contributed by atoms with van der Waals surface area (Å²) in [4.78, 5) is 54.3. The standard InChI is InChI=1S/C60H71FN10O6S/c1-7-38-10-8-11-41-28-44(72)29-45(51(38)41)53-52(61)54-46(31-62-53)56(70-32-42-17-18-43(33-70)65-42)67-59(66-54)76-27-25-69-23-19-60(6,20-24-69)21-26-75-49-30-48(77-68-49)50(35(2)3)58(74)71-22-9-12-47(71)57(73)64-36(4)39-13-15-40(16-14-39)55-37(5)63-34-78-55/h8,10-11,13-16,28-31,34-36,42-43,47,50,65,72H,7,9,12,17-27,32-33H2,1-6H3,(H,64,73)/t36-,42?,43?,47-,50+/m0/s1. The number of phenolic OH excluding ortho intramolecular Hbond substituents is 1. The van der Waals surface area contributed by atoms with Crippen molar-refractivity contribution in [2.24, 2.45) is 11.3 Å². The molecule has 4 fully saturated rings. The number of carbonyl (C=O) groups is 2. The van der Waals surface area contributed by atoms with Crippen LogP contribution in [0.3, 0.4) is 0 Å². The first-order valence-corrected chi connectivity index (χ1v) is 28.8. The quantitative estimate of drug-likeness (QED) is 0.0738. The number of aryl methyl sites for hydroxylation is 2. The summed E-state index contributed by atoms with van der Waals surface area (Å²) in [5, 5.41) is 24.1. The van der Waals surface area contributed by atoms with Crippen molar-refractivity contribution in [2.75, 3.05) is 57.4 Å². The van der Waals surface area contributed by atoms with Crippen molar-refractivity contribution < 1.29 is 33.1 Å². The maximum Gasteiger partial charge on any atom is 0.319 e. The van der Waals surface area contributed by atoms with Gasteiger partial charge in [0.15, 0.2) is 11.6 Å². The molecule has 4 aliphatic rings. The Morgan fingerprint density at radius 2 is 1.76 bits per heavy atom. The maximum atomic E-state index is 17.1. The third kappa shape index (κ3) is 11.0. The van der Waals surface area contributed by atoms with Gasteiger partial charge in [-0.15, -0.1) is 11.3 Å². The third-order valence-corrected chi connectivity index (χ3v) is 17.8. The highest BCUT2D eigenvalue weighted by atomic mass is 32.1. The van der Waals surface area contributed by atoms with Gasteiger partial charge in [0, 0.05) is 56.1 Å². The Morgan fingerprint density at radius 1 is 0.974 bits per heavy atom. The lowest BCUT2D eigenvalue weighted by molar-refractivity contribution is -0.141. The molecule has 0 aliphatic carbocycles. The number of benzene rings is 3. The van der Waals surface area contributed by atoms with Gasteiger partial charge in [-0.1, -0.05) is 70.2 Å². The zero-order valence-electron chi connectivity index (χ0n) is 45.6. The van der Waals surface area contributed by atoms with E-state index in [2.05, 4.69) is 56.6 Å². The fourth-order valence-electron chi connectivity index (χ4n) is 12.3. The van der Waals surface area contributed by atoms with Crippen molar-refractivity contribution in [3.63, 3.8) is 0 Å². The number of aromatic hydroxyl groups is 1. The molecule has 11 rings (SSSR count). The van der Waals surface area contributed by atoms with Gasteiger partial charge in [0.2, 0.25) is 11.8 Å². The summed E-state index contributed by atoms with van der Waals surface area (Å²) in [6.45, 7) is 17.5. The first-order valence-electron chi connectivity index (χ1n) is 27.9. The van der Waals surface area contributed by atoms with Crippen molar-refractivity contribution >= 4 is 50.6 Å². The van der Waals surface area contributed by atoms with Gasteiger partial charge in [-0.2, -0.15) is 9.97 Å². The van der Waals surface area contributed by atoms with Gasteiger partial charge in [0.25, 0.3) is 5.88 Å². The van der Waals surface area contributed by atoms with Gasteiger partial charge in [0.1, 0.15) is 41.3 Å². The average Bonchev–Trinajstić information content (AvgIpc) is 4.31. The van der Waals surface area contributed by atoms with E-state index in [9.17, 15) is 14.7 Å². The molecule has 78 heavy (non-hydrogen) atoms. The number of likely N-dealkylation sites (tertiary alicyclic amines) is 2. The van der Waals surface area contributed by atoms with Crippen molar-refractivity contribution in [3.05, 3.63) is 101 Å². The van der Waals surface area contributed by atoms with Gasteiger partial charge in [-0.25, -0.2) is 9.37 Å². The van der Waals surface area contributed by atoms with Crippen LogP contribution in [0.25, 0.3) is 43.4 Å². The number of rotatable bonds is 18. The van der Waals surface area contributed by atoms with Crippen molar-refractivity contribution in [3.8, 4) is 39.3 Å². The number of halogens is 1. The summed E-state index contributed by atoms with van der Waals surface area (Å²) in [7, 11) is 0. The van der Waals surface area contributed by atoms with Crippen molar-refractivity contribution in [1.29, 1.82) is 0 Å². The summed E-state index contributed by atoms with van der Waals surface area (Å²) in [6.07, 6.45) is 8.63. The Bertz CT molecular complexity index is 3290. The molecule has 4 aromatic heterocycles. The van der Waals surface area contributed by atoms with Crippen LogP contribution in [0.15, 0.2) is 76.9 Å². The summed E-state index contributed by atoms with van der Waals surface area (Å²) in [5.74, 6) is -0.169. The largest absolute Gasteiger partial charge is 0.508 e. The third-order valence-electron chi connectivity index (χ3n) is 16.9. The van der Waals surface area contributed by atoms with E-state index < -0.39 is 17.8 Å². The van der Waals surface area contributed by atoms with E-state index in [-0.39, 0.29) is 52.2 Å². The number of thiazole rings is 1. The van der Waals surface area contributed by atoms with Crippen LogP contribution in [0.2, 0.25) is 0 Å². The summed E-state index contributed by atoms with van der Waals surface area (Å²) >= 11 is 1.61. The second-order valence-electron chi connectivity index (χ2n) is 22.6. The minimum absolute atomic E-state index is 0.0364. The molecule has 410 valence electrons. The van der Waals surface area contributed by atoms with E-state index in [1.807, 2.05) is 63.5 Å².